The van der Waals surface area contributed by atoms with Gasteiger partial charge in [-0.25, -0.2) is 29.0 Å². The molecule has 0 aromatic heterocycles. The molecule has 1 aromatic rings. The molecule has 0 spiro atoms. The molecule has 0 aliphatic carbocycles. The summed E-state index contributed by atoms with van der Waals surface area (Å²) in [5, 5.41) is 26.0. The number of nitriles is 3. The van der Waals surface area contributed by atoms with Crippen LogP contribution in [0.25, 0.3) is 0 Å². The van der Waals surface area contributed by atoms with Crippen molar-refractivity contribution in [2.45, 2.75) is 0 Å². The van der Waals surface area contributed by atoms with E-state index in [1.54, 1.807) is 0 Å². The van der Waals surface area contributed by atoms with Gasteiger partial charge in [-0.3, -0.25) is 0 Å². The van der Waals surface area contributed by atoms with Gasteiger partial charge >= 0.3 is 6.15 Å². The zero-order valence-electron chi connectivity index (χ0n) is 7.71. The second kappa shape index (κ2) is 3.96. The molecule has 0 aliphatic heterocycles. The van der Waals surface area contributed by atoms with Crippen LogP contribution in [0, 0.1) is 51.1 Å². The number of nitrogens with zero attached hydrogens (tertiary/aromatic N) is 3. The highest BCUT2D eigenvalue weighted by atomic mass is 19.2. The molecule has 78 valence electrons. The standard InChI is InChI=1S/C9H2BF3N3/c11-6-1-7(9(13)8(12)2-6)10(3-14,4-15)5-16/h1-2H/q-1. The van der Waals surface area contributed by atoms with Gasteiger partial charge in [0.05, 0.1) is 0 Å². The van der Waals surface area contributed by atoms with E-state index < -0.39 is 29.1 Å². The van der Waals surface area contributed by atoms with E-state index in [0.717, 1.165) is 0 Å². The van der Waals surface area contributed by atoms with Crippen molar-refractivity contribution in [2.75, 3.05) is 0 Å². The van der Waals surface area contributed by atoms with Gasteiger partial charge in [0.25, 0.3) is 0 Å². The fraction of sp³-hybridized carbons (Fsp3) is 0. The summed E-state index contributed by atoms with van der Waals surface area (Å²) in [4.78, 5) is 0. The van der Waals surface area contributed by atoms with Crippen LogP contribution in [0.5, 0.6) is 0 Å². The Kier molecular flexibility index (Phi) is 2.88. The first-order valence-corrected chi connectivity index (χ1v) is 4.05. The van der Waals surface area contributed by atoms with Crippen molar-refractivity contribution < 1.29 is 13.2 Å². The van der Waals surface area contributed by atoms with E-state index in [4.69, 9.17) is 15.8 Å². The summed E-state index contributed by atoms with van der Waals surface area (Å²) in [7, 11) is 0. The molecule has 0 unspecified atom stereocenters. The first-order valence-electron chi connectivity index (χ1n) is 4.05. The molecule has 1 aromatic carbocycles. The van der Waals surface area contributed by atoms with Gasteiger partial charge in [0.1, 0.15) is 11.6 Å². The Morgan fingerprint density at radius 1 is 0.938 bits per heavy atom. The highest BCUT2D eigenvalue weighted by Crippen LogP contribution is 2.10. The molecule has 0 aliphatic rings. The normalized spacial score (nSPS) is 10.0. The monoisotopic (exact) mass is 220 g/mol. The largest absolute Gasteiger partial charge is 0.325 e. The topological polar surface area (TPSA) is 71.4 Å². The van der Waals surface area contributed by atoms with Gasteiger partial charge in [-0.1, -0.05) is 6.07 Å². The van der Waals surface area contributed by atoms with E-state index in [1.807, 2.05) is 0 Å². The van der Waals surface area contributed by atoms with Crippen LogP contribution < -0.4 is 5.46 Å². The van der Waals surface area contributed by atoms with Crippen LogP contribution in [0.15, 0.2) is 12.1 Å². The summed E-state index contributed by atoms with van der Waals surface area (Å²) < 4.78 is 38.9. The third-order valence-corrected chi connectivity index (χ3v) is 2.07. The predicted molar refractivity (Wildman–Crippen MR) is 48.5 cm³/mol. The van der Waals surface area contributed by atoms with E-state index in [-0.39, 0.29) is 6.07 Å². The van der Waals surface area contributed by atoms with Crippen LogP contribution in [-0.4, -0.2) is 6.15 Å². The van der Waals surface area contributed by atoms with Gasteiger partial charge in [0.15, 0.2) is 5.82 Å². The highest BCUT2D eigenvalue weighted by Gasteiger charge is 2.31. The predicted octanol–water partition coefficient (Wildman–Crippen LogP) is 0.948. The van der Waals surface area contributed by atoms with Gasteiger partial charge in [0, 0.05) is 6.07 Å². The smallest absolute Gasteiger partial charge is 0.246 e. The average Bonchev–Trinajstić information content (AvgIpc) is 2.28. The van der Waals surface area contributed by atoms with Gasteiger partial charge < -0.3 is 0 Å². The number of benzene rings is 1. The first-order chi connectivity index (χ1) is 7.50. The fourth-order valence-corrected chi connectivity index (χ4v) is 1.19. The van der Waals surface area contributed by atoms with Crippen LogP contribution in [0.3, 0.4) is 0 Å². The van der Waals surface area contributed by atoms with E-state index in [9.17, 15) is 13.2 Å². The Bertz CT molecular complexity index is 529. The third-order valence-electron chi connectivity index (χ3n) is 2.07. The quantitative estimate of drug-likeness (QED) is 0.522. The van der Waals surface area contributed by atoms with Crippen molar-refractivity contribution in [1.82, 2.24) is 0 Å². The van der Waals surface area contributed by atoms with Gasteiger partial charge in [-0.15, -0.1) is 23.4 Å². The molecule has 0 N–H and O–H groups in total. The minimum Gasteiger partial charge on any atom is -0.246 e. The molecular weight excluding hydrogens is 218 g/mol. The van der Waals surface area contributed by atoms with Gasteiger partial charge in [0.2, 0.25) is 0 Å². The summed E-state index contributed by atoms with van der Waals surface area (Å²) in [5.74, 6) is -0.361. The minimum absolute atomic E-state index is 0.270. The molecule has 0 fully saturated rings. The molecular formula is C9H2BF3N3-. The average molecular weight is 220 g/mol. The molecule has 0 heterocycles. The number of hydrogen-bond donors (Lipinski definition) is 0. The summed E-state index contributed by atoms with van der Waals surface area (Å²) in [6.45, 7) is 0. The van der Waals surface area contributed by atoms with Crippen molar-refractivity contribution in [3.05, 3.63) is 29.6 Å². The lowest BCUT2D eigenvalue weighted by Gasteiger charge is -2.18. The van der Waals surface area contributed by atoms with Gasteiger partial charge in [-0.2, -0.15) is 0 Å². The molecule has 0 saturated carbocycles. The number of hydrogen-bond acceptors (Lipinski definition) is 3. The molecule has 0 bridgehead atoms. The summed E-state index contributed by atoms with van der Waals surface area (Å²) >= 11 is 0. The number of rotatable bonds is 1. The van der Waals surface area contributed by atoms with Crippen molar-refractivity contribution in [2.24, 2.45) is 0 Å². The van der Waals surface area contributed by atoms with Crippen LogP contribution in [0.1, 0.15) is 0 Å². The maximum absolute atomic E-state index is 13.3. The second-order valence-corrected chi connectivity index (χ2v) is 3.04. The Balaban J connectivity index is 3.65. The zero-order chi connectivity index (χ0) is 12.3. The summed E-state index contributed by atoms with van der Waals surface area (Å²) in [6.07, 6.45) is -3.26. The van der Waals surface area contributed by atoms with E-state index in [2.05, 4.69) is 0 Å². The fourth-order valence-electron chi connectivity index (χ4n) is 1.19. The SMILES string of the molecule is N#C[B-](C#N)(C#N)c1cc(F)cc(F)c1F. The van der Waals surface area contributed by atoms with Crippen molar-refractivity contribution in [3.8, 4) is 17.9 Å². The van der Waals surface area contributed by atoms with E-state index in [0.29, 0.717) is 6.07 Å². The van der Waals surface area contributed by atoms with E-state index >= 15 is 0 Å². The van der Waals surface area contributed by atoms with Crippen LogP contribution >= 0.6 is 0 Å². The van der Waals surface area contributed by atoms with Crippen molar-refractivity contribution in [1.29, 1.82) is 15.8 Å². The molecule has 16 heavy (non-hydrogen) atoms. The van der Waals surface area contributed by atoms with Crippen molar-refractivity contribution in [3.63, 3.8) is 0 Å². The summed E-state index contributed by atoms with van der Waals surface area (Å²) in [6, 6.07) is 0.750. The van der Waals surface area contributed by atoms with Crippen LogP contribution in [0.2, 0.25) is 0 Å². The molecule has 3 nitrogen and oxygen atoms in total. The van der Waals surface area contributed by atoms with Crippen LogP contribution in [0.4, 0.5) is 13.2 Å². The molecule has 0 saturated heterocycles. The molecule has 1 rings (SSSR count). The Hall–Kier alpha value is -2.46. The Morgan fingerprint density at radius 2 is 1.44 bits per heavy atom. The highest BCUT2D eigenvalue weighted by molar-refractivity contribution is 7.09. The molecule has 0 amide bonds. The van der Waals surface area contributed by atoms with E-state index in [1.165, 1.54) is 17.9 Å². The van der Waals surface area contributed by atoms with Gasteiger partial charge in [-0.05, 0) is 0 Å². The lowest BCUT2D eigenvalue weighted by atomic mass is 9.25. The Labute approximate surface area is 88.9 Å². The van der Waals surface area contributed by atoms with Crippen molar-refractivity contribution >= 4 is 11.6 Å². The molecule has 7 heteroatoms. The Morgan fingerprint density at radius 3 is 1.88 bits per heavy atom. The minimum atomic E-state index is -3.26. The maximum Gasteiger partial charge on any atom is 0.325 e. The molecule has 0 atom stereocenters. The lowest BCUT2D eigenvalue weighted by molar-refractivity contribution is 0.500. The third kappa shape index (κ3) is 1.58. The second-order valence-electron chi connectivity index (χ2n) is 3.04. The van der Waals surface area contributed by atoms with Crippen LogP contribution in [-0.2, 0) is 0 Å². The maximum atomic E-state index is 13.3. The lowest BCUT2D eigenvalue weighted by Crippen LogP contribution is -2.47. The molecule has 0 radical (unpaired) electrons. The summed E-state index contributed by atoms with van der Waals surface area (Å²) in [5.41, 5.74) is -0.856. The number of halogens is 3. The first kappa shape index (κ1) is 11.6. The zero-order valence-corrected chi connectivity index (χ0v) is 7.71.